The van der Waals surface area contributed by atoms with Gasteiger partial charge in [0.1, 0.15) is 23.0 Å². The summed E-state index contributed by atoms with van der Waals surface area (Å²) in [6.07, 6.45) is 9.05. The number of pyridine rings is 2. The second-order valence-electron chi connectivity index (χ2n) is 14.3. The van der Waals surface area contributed by atoms with Gasteiger partial charge in [0.15, 0.2) is 0 Å². The predicted octanol–water partition coefficient (Wildman–Crippen LogP) is 4.06. The number of carbonyl (C=O) groups excluding carboxylic acids is 1. The number of aliphatic hydroxyl groups excluding tert-OH is 1. The Balaban J connectivity index is 1.04. The van der Waals surface area contributed by atoms with Crippen LogP contribution in [0.2, 0.25) is 0 Å². The van der Waals surface area contributed by atoms with Crippen molar-refractivity contribution in [3.63, 3.8) is 0 Å². The number of nitrogens with one attached hydrogen (secondary N) is 1. The third kappa shape index (κ3) is 5.41. The lowest BCUT2D eigenvalue weighted by Crippen LogP contribution is -2.59. The van der Waals surface area contributed by atoms with Crippen molar-refractivity contribution >= 4 is 35.4 Å². The third-order valence-electron chi connectivity index (χ3n) is 11.5. The quantitative estimate of drug-likeness (QED) is 0.257. The van der Waals surface area contributed by atoms with Crippen molar-refractivity contribution in [1.29, 1.82) is 0 Å². The lowest BCUT2D eigenvalue weighted by atomic mass is 9.98. The molecule has 1 saturated carbocycles. The van der Waals surface area contributed by atoms with Crippen molar-refractivity contribution in [2.45, 2.75) is 63.6 Å². The zero-order valence-corrected chi connectivity index (χ0v) is 29.1. The molecule has 50 heavy (non-hydrogen) atoms. The van der Waals surface area contributed by atoms with E-state index in [-0.39, 0.29) is 18.1 Å². The highest BCUT2D eigenvalue weighted by atomic mass is 16.5. The van der Waals surface area contributed by atoms with Gasteiger partial charge in [-0.1, -0.05) is 6.08 Å². The fourth-order valence-electron chi connectivity index (χ4n) is 8.93. The van der Waals surface area contributed by atoms with E-state index in [4.69, 9.17) is 4.74 Å². The molecule has 0 radical (unpaired) electrons. The van der Waals surface area contributed by atoms with E-state index in [2.05, 4.69) is 49.4 Å². The van der Waals surface area contributed by atoms with Crippen LogP contribution in [0.3, 0.4) is 0 Å². The Morgan fingerprint density at radius 1 is 1.14 bits per heavy atom. The summed E-state index contributed by atoms with van der Waals surface area (Å²) in [5.74, 6) is 1.86. The Morgan fingerprint density at radius 2 is 1.96 bits per heavy atom. The molecule has 0 spiro atoms. The minimum absolute atomic E-state index is 0.129. The number of anilines is 3. The van der Waals surface area contributed by atoms with Crippen LogP contribution >= 0.6 is 0 Å². The van der Waals surface area contributed by atoms with Crippen molar-refractivity contribution in [2.24, 2.45) is 12.0 Å². The van der Waals surface area contributed by atoms with E-state index in [1.165, 1.54) is 35.1 Å². The highest BCUT2D eigenvalue weighted by molar-refractivity contribution is 5.96. The van der Waals surface area contributed by atoms with Crippen molar-refractivity contribution in [1.82, 2.24) is 23.9 Å². The summed E-state index contributed by atoms with van der Waals surface area (Å²) in [5.41, 5.74) is 6.35. The molecule has 3 aliphatic heterocycles. The van der Waals surface area contributed by atoms with Crippen LogP contribution in [-0.2, 0) is 18.3 Å². The molecule has 8 rings (SSSR count). The number of aromatic nitrogens is 3. The van der Waals surface area contributed by atoms with E-state index >= 15 is 0 Å². The summed E-state index contributed by atoms with van der Waals surface area (Å²) in [6, 6.07) is 8.67. The number of aliphatic hydroxyl groups is 1. The first kappa shape index (κ1) is 32.7. The Hall–Kier alpha value is -4.52. The van der Waals surface area contributed by atoms with E-state index in [0.717, 1.165) is 38.5 Å². The number of rotatable bonds is 9. The minimum Gasteiger partial charge on any atom is -0.392 e. The van der Waals surface area contributed by atoms with E-state index in [1.807, 2.05) is 31.3 Å². The average Bonchev–Trinajstić information content (AvgIpc) is 3.82. The molecule has 262 valence electrons. The molecule has 3 aromatic rings. The van der Waals surface area contributed by atoms with Gasteiger partial charge in [0.25, 0.3) is 11.5 Å². The van der Waals surface area contributed by atoms with Gasteiger partial charge in [-0.25, -0.2) is 9.98 Å². The molecule has 3 fully saturated rings. The highest BCUT2D eigenvalue weighted by Crippen LogP contribution is 2.54. The molecule has 0 aromatic carbocycles. The van der Waals surface area contributed by atoms with Gasteiger partial charge in [0, 0.05) is 74.8 Å². The molecular weight excluding hydrogens is 632 g/mol. The SMILES string of the molecule is C=N/C(=C(CO)\C(=C/C)c1cc(Nc2ccc(N3CCN(C4COC4)C[C@@H]3C)cn2)c(=O)n(C)c1)N1CCn2c(cc3c2[C@H]2CC[C@@H]3C2)C1=O. The number of amides is 1. The largest absolute Gasteiger partial charge is 0.392 e. The molecule has 3 atom stereocenters. The highest BCUT2D eigenvalue weighted by Gasteiger charge is 2.43. The number of allylic oxidation sites excluding steroid dienone is 1. The number of aryl methyl sites for hydroxylation is 1. The Kier molecular flexibility index (Phi) is 8.48. The van der Waals surface area contributed by atoms with Crippen molar-refractivity contribution in [3.05, 3.63) is 87.0 Å². The molecule has 2 N–H and O–H groups in total. The summed E-state index contributed by atoms with van der Waals surface area (Å²) in [6.45, 7) is 13.2. The number of hydrogen-bond donors (Lipinski definition) is 2. The molecule has 2 saturated heterocycles. The normalized spacial score (nSPS) is 24.2. The summed E-state index contributed by atoms with van der Waals surface area (Å²) < 4.78 is 9.12. The number of carbonyl (C=O) groups is 1. The van der Waals surface area contributed by atoms with Crippen LogP contribution in [0, 0.1) is 0 Å². The van der Waals surface area contributed by atoms with Gasteiger partial charge in [-0.15, -0.1) is 0 Å². The Bertz CT molecular complexity index is 1960. The van der Waals surface area contributed by atoms with Crippen LogP contribution in [0.5, 0.6) is 0 Å². The van der Waals surface area contributed by atoms with Gasteiger partial charge in [-0.3, -0.25) is 19.4 Å². The number of nitrogens with zero attached hydrogens (tertiary/aromatic N) is 7. The van der Waals surface area contributed by atoms with Gasteiger partial charge in [-0.05, 0) is 81.1 Å². The number of aliphatic imine (C=N–C) groups is 1. The first-order valence-corrected chi connectivity index (χ1v) is 17.8. The topological polar surface area (TPSA) is 120 Å². The molecule has 3 aromatic heterocycles. The maximum atomic E-state index is 14.0. The van der Waals surface area contributed by atoms with Crippen LogP contribution in [0.4, 0.5) is 17.2 Å². The first-order chi connectivity index (χ1) is 24.3. The molecule has 6 heterocycles. The van der Waals surface area contributed by atoms with Crippen LogP contribution in [0.1, 0.15) is 72.3 Å². The molecule has 12 nitrogen and oxygen atoms in total. The second-order valence-corrected chi connectivity index (χ2v) is 14.3. The number of piperazine rings is 1. The van der Waals surface area contributed by atoms with E-state index < -0.39 is 0 Å². The minimum atomic E-state index is -0.366. The van der Waals surface area contributed by atoms with Gasteiger partial charge >= 0.3 is 0 Å². The zero-order valence-electron chi connectivity index (χ0n) is 29.1. The molecule has 5 aliphatic rings. The molecule has 0 unspecified atom stereocenters. The van der Waals surface area contributed by atoms with Gasteiger partial charge in [0.2, 0.25) is 0 Å². The zero-order chi connectivity index (χ0) is 34.7. The van der Waals surface area contributed by atoms with Gasteiger partial charge < -0.3 is 29.2 Å². The fourth-order valence-corrected chi connectivity index (χ4v) is 8.93. The number of ether oxygens (including phenoxy) is 1. The molecular formula is C38H46N8O4. The molecule has 2 aliphatic carbocycles. The van der Waals surface area contributed by atoms with Gasteiger partial charge in [0.05, 0.1) is 37.7 Å². The third-order valence-corrected chi connectivity index (χ3v) is 11.5. The van der Waals surface area contributed by atoms with E-state index in [0.29, 0.717) is 76.7 Å². The number of fused-ring (bicyclic) bond motifs is 7. The summed E-state index contributed by atoms with van der Waals surface area (Å²) in [4.78, 5) is 42.9. The van der Waals surface area contributed by atoms with Crippen LogP contribution in [0.25, 0.3) is 5.57 Å². The van der Waals surface area contributed by atoms with Crippen LogP contribution < -0.4 is 15.8 Å². The maximum Gasteiger partial charge on any atom is 0.276 e. The Morgan fingerprint density at radius 3 is 2.64 bits per heavy atom. The summed E-state index contributed by atoms with van der Waals surface area (Å²) in [7, 11) is 1.70. The van der Waals surface area contributed by atoms with E-state index in [9.17, 15) is 14.7 Å². The van der Waals surface area contributed by atoms with Crippen molar-refractivity contribution in [3.8, 4) is 0 Å². The number of hydrogen-bond acceptors (Lipinski definition) is 9. The van der Waals surface area contributed by atoms with E-state index in [1.54, 1.807) is 24.2 Å². The maximum absolute atomic E-state index is 14.0. The van der Waals surface area contributed by atoms with Gasteiger partial charge in [-0.2, -0.15) is 0 Å². The van der Waals surface area contributed by atoms with Crippen molar-refractivity contribution < 1.29 is 14.6 Å². The predicted molar refractivity (Wildman–Crippen MR) is 194 cm³/mol. The second kappa shape index (κ2) is 13.0. The summed E-state index contributed by atoms with van der Waals surface area (Å²) in [5, 5.41) is 14.0. The van der Waals surface area contributed by atoms with Crippen molar-refractivity contribution in [2.75, 3.05) is 56.2 Å². The Labute approximate surface area is 292 Å². The molecule has 1 amide bonds. The molecule has 12 heteroatoms. The fraction of sp³-hybridized carbons (Fsp3) is 0.474. The average molecular weight is 679 g/mol. The van der Waals surface area contributed by atoms with Crippen LogP contribution in [0.15, 0.2) is 63.9 Å². The monoisotopic (exact) mass is 678 g/mol. The lowest BCUT2D eigenvalue weighted by molar-refractivity contribution is -0.0691. The summed E-state index contributed by atoms with van der Waals surface area (Å²) >= 11 is 0. The molecule has 2 bridgehead atoms. The smallest absolute Gasteiger partial charge is 0.276 e. The standard InChI is InChI=1S/C38H46N8O4/c1-5-29(31(20-47)36(39-3)46-13-12-45-33(38(46)49)16-30-24-6-7-25(14-24)35(30)45)26-15-32(37(48)42(4)19-26)41-34-9-8-27(17-40-34)44-11-10-43(18-23(44)2)28-21-50-22-28/h5,8-9,15-17,19,23-25,28,47H,3,6-7,10-14,18,20-22H2,1-2,4H3,(H,40,41)/b29-5-,36-31+/t23-,24+,25-/m0/s1. The first-order valence-electron chi connectivity index (χ1n) is 17.8. The van der Waals surface area contributed by atoms with Crippen LogP contribution in [-0.4, -0.2) is 99.7 Å². The lowest BCUT2D eigenvalue weighted by Gasteiger charge is -2.46.